The fourth-order valence-electron chi connectivity index (χ4n) is 1.65. The van der Waals surface area contributed by atoms with Crippen LogP contribution in [0.25, 0.3) is 0 Å². The summed E-state index contributed by atoms with van der Waals surface area (Å²) in [5.74, 6) is 0.320. The Labute approximate surface area is 104 Å². The number of imidazole rings is 1. The van der Waals surface area contributed by atoms with E-state index in [0.29, 0.717) is 5.82 Å². The highest BCUT2D eigenvalue weighted by molar-refractivity contribution is 5.12. The van der Waals surface area contributed by atoms with Crippen molar-refractivity contribution in [2.24, 2.45) is 0 Å². The summed E-state index contributed by atoms with van der Waals surface area (Å²) in [6.45, 7) is -0.321. The molecule has 0 saturated heterocycles. The molecule has 6 heteroatoms. The smallest absolute Gasteiger partial charge is 0.303 e. The lowest BCUT2D eigenvalue weighted by Crippen LogP contribution is -2.21. The van der Waals surface area contributed by atoms with Crippen LogP contribution in [0.2, 0.25) is 0 Å². The highest BCUT2D eigenvalue weighted by atomic mass is 19.3. The SMILES string of the molecule is C[C@@H](NCc1nccn1C(F)F)c1cccnc1. The van der Waals surface area contributed by atoms with Crippen molar-refractivity contribution in [2.45, 2.75) is 26.1 Å². The van der Waals surface area contributed by atoms with Gasteiger partial charge < -0.3 is 5.32 Å². The van der Waals surface area contributed by atoms with E-state index < -0.39 is 6.55 Å². The second-order valence-corrected chi connectivity index (χ2v) is 3.92. The molecular weight excluding hydrogens is 238 g/mol. The van der Waals surface area contributed by atoms with Crippen molar-refractivity contribution in [3.05, 3.63) is 48.3 Å². The molecule has 0 aliphatic heterocycles. The van der Waals surface area contributed by atoms with Gasteiger partial charge >= 0.3 is 6.55 Å². The molecule has 2 heterocycles. The van der Waals surface area contributed by atoms with Crippen LogP contribution in [0, 0.1) is 0 Å². The van der Waals surface area contributed by atoms with Gasteiger partial charge in [-0.2, -0.15) is 8.78 Å². The van der Waals surface area contributed by atoms with E-state index in [1.165, 1.54) is 12.4 Å². The maximum absolute atomic E-state index is 12.6. The summed E-state index contributed by atoms with van der Waals surface area (Å²) in [5, 5.41) is 3.14. The van der Waals surface area contributed by atoms with Crippen LogP contribution in [0.5, 0.6) is 0 Å². The lowest BCUT2D eigenvalue weighted by molar-refractivity contribution is 0.0665. The van der Waals surface area contributed by atoms with Crippen LogP contribution in [-0.4, -0.2) is 14.5 Å². The molecule has 2 aromatic rings. The Hall–Kier alpha value is -1.82. The maximum atomic E-state index is 12.6. The summed E-state index contributed by atoms with van der Waals surface area (Å²) >= 11 is 0. The number of alkyl halides is 2. The van der Waals surface area contributed by atoms with E-state index in [9.17, 15) is 8.78 Å². The van der Waals surface area contributed by atoms with Crippen molar-refractivity contribution >= 4 is 0 Å². The molecule has 1 N–H and O–H groups in total. The molecule has 96 valence electrons. The average molecular weight is 252 g/mol. The van der Waals surface area contributed by atoms with Crippen LogP contribution in [0.1, 0.15) is 30.9 Å². The molecule has 0 aliphatic carbocycles. The number of nitrogens with zero attached hydrogens (tertiary/aromatic N) is 3. The van der Waals surface area contributed by atoms with Crippen molar-refractivity contribution in [1.29, 1.82) is 0 Å². The monoisotopic (exact) mass is 252 g/mol. The predicted molar refractivity (Wildman–Crippen MR) is 63.0 cm³/mol. The molecule has 0 aromatic carbocycles. The summed E-state index contributed by atoms with van der Waals surface area (Å²) in [6, 6.07) is 3.80. The van der Waals surface area contributed by atoms with Gasteiger partial charge in [0, 0.05) is 30.8 Å². The summed E-state index contributed by atoms with van der Waals surface area (Å²) in [4.78, 5) is 7.92. The Balaban J connectivity index is 1.97. The van der Waals surface area contributed by atoms with Gasteiger partial charge in [-0.05, 0) is 18.6 Å². The van der Waals surface area contributed by atoms with Gasteiger partial charge in [-0.1, -0.05) is 6.07 Å². The van der Waals surface area contributed by atoms with Crippen molar-refractivity contribution < 1.29 is 8.78 Å². The first-order valence-electron chi connectivity index (χ1n) is 5.61. The number of aromatic nitrogens is 3. The summed E-state index contributed by atoms with van der Waals surface area (Å²) in [6.07, 6.45) is 6.09. The van der Waals surface area contributed by atoms with Crippen LogP contribution >= 0.6 is 0 Å². The van der Waals surface area contributed by atoms with Gasteiger partial charge in [-0.15, -0.1) is 0 Å². The van der Waals surface area contributed by atoms with E-state index in [2.05, 4.69) is 15.3 Å². The van der Waals surface area contributed by atoms with Gasteiger partial charge in [-0.3, -0.25) is 9.55 Å². The van der Waals surface area contributed by atoms with Crippen LogP contribution in [-0.2, 0) is 6.54 Å². The van der Waals surface area contributed by atoms with Crippen LogP contribution in [0.4, 0.5) is 8.78 Å². The minimum Gasteiger partial charge on any atom is -0.303 e. The fourth-order valence-corrected chi connectivity index (χ4v) is 1.65. The van der Waals surface area contributed by atoms with Gasteiger partial charge in [0.1, 0.15) is 5.82 Å². The summed E-state index contributed by atoms with van der Waals surface area (Å²) in [7, 11) is 0. The van der Waals surface area contributed by atoms with Crippen molar-refractivity contribution in [2.75, 3.05) is 0 Å². The van der Waals surface area contributed by atoms with Crippen molar-refractivity contribution in [3.63, 3.8) is 0 Å². The minimum atomic E-state index is -2.56. The van der Waals surface area contributed by atoms with E-state index in [4.69, 9.17) is 0 Å². The molecule has 0 aliphatic rings. The van der Waals surface area contributed by atoms with E-state index >= 15 is 0 Å². The highest BCUT2D eigenvalue weighted by Gasteiger charge is 2.12. The second kappa shape index (κ2) is 5.68. The number of hydrogen-bond acceptors (Lipinski definition) is 3. The van der Waals surface area contributed by atoms with Crippen molar-refractivity contribution in [1.82, 2.24) is 19.9 Å². The summed E-state index contributed by atoms with van der Waals surface area (Å²) < 4.78 is 26.0. The molecule has 0 saturated carbocycles. The normalized spacial score (nSPS) is 12.9. The van der Waals surface area contributed by atoms with Crippen LogP contribution in [0.3, 0.4) is 0 Å². The lowest BCUT2D eigenvalue weighted by atomic mass is 10.1. The van der Waals surface area contributed by atoms with E-state index in [1.807, 2.05) is 19.1 Å². The van der Waals surface area contributed by atoms with Crippen molar-refractivity contribution in [3.8, 4) is 0 Å². The molecule has 0 radical (unpaired) electrons. The van der Waals surface area contributed by atoms with Gasteiger partial charge in [0.15, 0.2) is 0 Å². The lowest BCUT2D eigenvalue weighted by Gasteiger charge is -2.14. The first-order valence-corrected chi connectivity index (χ1v) is 5.61. The van der Waals surface area contributed by atoms with Gasteiger partial charge in [0.05, 0.1) is 6.54 Å². The number of pyridine rings is 1. The number of nitrogens with one attached hydrogen (secondary N) is 1. The zero-order valence-corrected chi connectivity index (χ0v) is 9.92. The first kappa shape index (κ1) is 12.6. The zero-order chi connectivity index (χ0) is 13.0. The molecule has 1 atom stereocenters. The van der Waals surface area contributed by atoms with Gasteiger partial charge in [-0.25, -0.2) is 4.98 Å². The molecule has 4 nitrogen and oxygen atoms in total. The molecule has 2 aromatic heterocycles. The molecule has 2 rings (SSSR count). The van der Waals surface area contributed by atoms with Crippen LogP contribution in [0.15, 0.2) is 36.9 Å². The topological polar surface area (TPSA) is 42.7 Å². The summed E-state index contributed by atoms with van der Waals surface area (Å²) in [5.41, 5.74) is 1.01. The van der Waals surface area contributed by atoms with Gasteiger partial charge in [0.2, 0.25) is 0 Å². The third-order valence-electron chi connectivity index (χ3n) is 2.71. The Bertz CT molecular complexity index is 484. The average Bonchev–Trinajstić information content (AvgIpc) is 2.85. The molecule has 0 unspecified atom stereocenters. The Morgan fingerprint density at radius 3 is 2.89 bits per heavy atom. The van der Waals surface area contributed by atoms with E-state index in [1.54, 1.807) is 12.4 Å². The quantitative estimate of drug-likeness (QED) is 0.889. The number of halogens is 2. The Morgan fingerprint density at radius 1 is 1.39 bits per heavy atom. The third-order valence-corrected chi connectivity index (χ3v) is 2.71. The maximum Gasteiger partial charge on any atom is 0.319 e. The molecule has 0 amide bonds. The molecule has 18 heavy (non-hydrogen) atoms. The van der Waals surface area contributed by atoms with E-state index in [0.717, 1.165) is 10.1 Å². The Kier molecular flexibility index (Phi) is 3.99. The first-order chi connectivity index (χ1) is 8.68. The molecular formula is C12H14F2N4. The number of rotatable bonds is 5. The fraction of sp³-hybridized carbons (Fsp3) is 0.333. The Morgan fingerprint density at radius 2 is 2.22 bits per heavy atom. The van der Waals surface area contributed by atoms with Crippen LogP contribution < -0.4 is 5.32 Å². The predicted octanol–water partition coefficient (Wildman–Crippen LogP) is 2.52. The standard InChI is InChI=1S/C12H14F2N4/c1-9(10-3-2-4-15-7-10)17-8-11-16-5-6-18(11)12(13)14/h2-7,9,12,17H,8H2,1H3/t9-/m1/s1. The number of hydrogen-bond donors (Lipinski definition) is 1. The highest BCUT2D eigenvalue weighted by Crippen LogP contribution is 2.14. The third kappa shape index (κ3) is 2.89. The molecule has 0 spiro atoms. The zero-order valence-electron chi connectivity index (χ0n) is 9.92. The van der Waals surface area contributed by atoms with Gasteiger partial charge in [0.25, 0.3) is 0 Å². The largest absolute Gasteiger partial charge is 0.319 e. The minimum absolute atomic E-state index is 0.0292. The van der Waals surface area contributed by atoms with E-state index in [-0.39, 0.29) is 12.6 Å². The molecule has 0 fully saturated rings. The second-order valence-electron chi connectivity index (χ2n) is 3.92. The molecule has 0 bridgehead atoms.